The molecule has 7 nitrogen and oxygen atoms in total. The number of ether oxygens (including phenoxy) is 1. The SMILES string of the molecule is COC(=O)[C@]1([C@@H](C)C(=O)c2ccccc2)NC(=S)NC(=O)[C@H]1C#N. The molecule has 3 atom stereocenters. The van der Waals surface area contributed by atoms with Crippen LogP contribution in [0.1, 0.15) is 17.3 Å². The third-order valence-corrected chi connectivity index (χ3v) is 4.27. The van der Waals surface area contributed by atoms with Gasteiger partial charge in [0.1, 0.15) is 0 Å². The van der Waals surface area contributed by atoms with Gasteiger partial charge in [0.2, 0.25) is 5.91 Å². The first-order valence-electron chi connectivity index (χ1n) is 7.08. The quantitative estimate of drug-likeness (QED) is 0.466. The first-order chi connectivity index (χ1) is 11.4. The number of carbonyl (C=O) groups excluding carboxylic acids is 3. The van der Waals surface area contributed by atoms with E-state index in [1.165, 1.54) is 6.92 Å². The summed E-state index contributed by atoms with van der Waals surface area (Å²) in [5.74, 6) is -4.60. The zero-order chi connectivity index (χ0) is 17.9. The van der Waals surface area contributed by atoms with Crippen molar-refractivity contribution in [3.8, 4) is 6.07 Å². The lowest BCUT2D eigenvalue weighted by Gasteiger charge is -2.42. The summed E-state index contributed by atoms with van der Waals surface area (Å²) in [6.07, 6.45) is 0. The molecule has 8 heteroatoms. The van der Waals surface area contributed by atoms with Gasteiger partial charge < -0.3 is 15.4 Å². The highest BCUT2D eigenvalue weighted by molar-refractivity contribution is 7.80. The molecular weight excluding hydrogens is 330 g/mol. The molecule has 1 aliphatic rings. The minimum Gasteiger partial charge on any atom is -0.467 e. The number of methoxy groups -OCH3 is 1. The van der Waals surface area contributed by atoms with E-state index in [1.807, 2.05) is 0 Å². The van der Waals surface area contributed by atoms with Crippen LogP contribution < -0.4 is 10.6 Å². The molecule has 2 N–H and O–H groups in total. The van der Waals surface area contributed by atoms with Gasteiger partial charge in [-0.05, 0) is 12.2 Å². The van der Waals surface area contributed by atoms with Crippen LogP contribution >= 0.6 is 12.2 Å². The summed E-state index contributed by atoms with van der Waals surface area (Å²) in [6.45, 7) is 1.46. The molecular formula is C16H15N3O4S. The zero-order valence-electron chi connectivity index (χ0n) is 13.0. The summed E-state index contributed by atoms with van der Waals surface area (Å²) >= 11 is 4.95. The van der Waals surface area contributed by atoms with Gasteiger partial charge in [-0.25, -0.2) is 4.79 Å². The Bertz CT molecular complexity index is 743. The Balaban J connectivity index is 2.57. The molecule has 124 valence electrons. The van der Waals surface area contributed by atoms with Crippen molar-refractivity contribution in [3.05, 3.63) is 35.9 Å². The molecule has 1 aromatic carbocycles. The molecule has 1 amide bonds. The fourth-order valence-electron chi connectivity index (χ4n) is 2.77. The monoisotopic (exact) mass is 345 g/mol. The molecule has 0 saturated carbocycles. The Hall–Kier alpha value is -2.79. The van der Waals surface area contributed by atoms with Crippen LogP contribution in [-0.2, 0) is 14.3 Å². The molecule has 0 spiro atoms. The fraction of sp³-hybridized carbons (Fsp3) is 0.312. The number of nitrogens with zero attached hydrogens (tertiary/aromatic N) is 1. The summed E-state index contributed by atoms with van der Waals surface area (Å²) in [4.78, 5) is 37.5. The van der Waals surface area contributed by atoms with Crippen molar-refractivity contribution >= 4 is 35.0 Å². The average Bonchev–Trinajstić information content (AvgIpc) is 2.59. The fourth-order valence-corrected chi connectivity index (χ4v) is 3.04. The molecule has 0 bridgehead atoms. The number of rotatable bonds is 4. The van der Waals surface area contributed by atoms with E-state index < -0.39 is 35.0 Å². The number of carbonyl (C=O) groups is 3. The molecule has 1 saturated heterocycles. The van der Waals surface area contributed by atoms with Gasteiger partial charge in [-0.15, -0.1) is 0 Å². The highest BCUT2D eigenvalue weighted by atomic mass is 32.1. The molecule has 1 aliphatic heterocycles. The van der Waals surface area contributed by atoms with Crippen LogP contribution in [0.2, 0.25) is 0 Å². The number of thiocarbonyl (C=S) groups is 1. The van der Waals surface area contributed by atoms with Crippen molar-refractivity contribution in [1.29, 1.82) is 5.26 Å². The highest BCUT2D eigenvalue weighted by Crippen LogP contribution is 2.33. The zero-order valence-corrected chi connectivity index (χ0v) is 13.8. The van der Waals surface area contributed by atoms with Crippen molar-refractivity contribution in [2.24, 2.45) is 11.8 Å². The minimum absolute atomic E-state index is 0.135. The third-order valence-electron chi connectivity index (χ3n) is 4.06. The molecule has 0 aliphatic carbocycles. The second-order valence-electron chi connectivity index (χ2n) is 5.32. The summed E-state index contributed by atoms with van der Waals surface area (Å²) in [5, 5.41) is 14.2. The number of amides is 1. The second kappa shape index (κ2) is 6.76. The van der Waals surface area contributed by atoms with E-state index in [2.05, 4.69) is 10.6 Å². The third kappa shape index (κ3) is 2.74. The largest absolute Gasteiger partial charge is 0.467 e. The number of hydrogen-bond acceptors (Lipinski definition) is 6. The number of esters is 1. The number of nitrogens with one attached hydrogen (secondary N) is 2. The first-order valence-corrected chi connectivity index (χ1v) is 7.49. The number of hydrogen-bond donors (Lipinski definition) is 2. The molecule has 1 fully saturated rings. The predicted molar refractivity (Wildman–Crippen MR) is 87.7 cm³/mol. The van der Waals surface area contributed by atoms with E-state index >= 15 is 0 Å². The van der Waals surface area contributed by atoms with Gasteiger partial charge in [-0.3, -0.25) is 9.59 Å². The molecule has 0 unspecified atom stereocenters. The smallest absolute Gasteiger partial charge is 0.334 e. The maximum Gasteiger partial charge on any atom is 0.334 e. The van der Waals surface area contributed by atoms with Gasteiger partial charge in [0.05, 0.1) is 19.1 Å². The minimum atomic E-state index is -1.89. The van der Waals surface area contributed by atoms with Gasteiger partial charge in [0.25, 0.3) is 0 Å². The summed E-state index contributed by atoms with van der Waals surface area (Å²) < 4.78 is 4.78. The van der Waals surface area contributed by atoms with Crippen molar-refractivity contribution < 1.29 is 19.1 Å². The van der Waals surface area contributed by atoms with E-state index in [0.717, 1.165) is 7.11 Å². The summed E-state index contributed by atoms with van der Waals surface area (Å²) in [6, 6.07) is 10.1. The van der Waals surface area contributed by atoms with Crippen molar-refractivity contribution in [3.63, 3.8) is 0 Å². The van der Waals surface area contributed by atoms with E-state index in [-0.39, 0.29) is 5.11 Å². The molecule has 2 rings (SSSR count). The van der Waals surface area contributed by atoms with E-state index in [1.54, 1.807) is 36.4 Å². The number of ketones is 1. The van der Waals surface area contributed by atoms with Gasteiger partial charge in [-0.2, -0.15) is 5.26 Å². The van der Waals surface area contributed by atoms with Crippen LogP contribution in [0, 0.1) is 23.2 Å². The number of nitriles is 1. The van der Waals surface area contributed by atoms with Gasteiger partial charge in [0.15, 0.2) is 22.4 Å². The Kier molecular flexibility index (Phi) is 4.95. The van der Waals surface area contributed by atoms with Gasteiger partial charge >= 0.3 is 5.97 Å². The van der Waals surface area contributed by atoms with Crippen molar-refractivity contribution in [1.82, 2.24) is 10.6 Å². The Labute approximate surface area is 144 Å². The Morgan fingerprint density at radius 3 is 2.54 bits per heavy atom. The molecule has 24 heavy (non-hydrogen) atoms. The second-order valence-corrected chi connectivity index (χ2v) is 5.73. The number of benzene rings is 1. The normalized spacial score (nSPS) is 24.1. The summed E-state index contributed by atoms with van der Waals surface area (Å²) in [7, 11) is 1.12. The van der Waals surface area contributed by atoms with E-state index in [9.17, 15) is 19.6 Å². The lowest BCUT2D eigenvalue weighted by molar-refractivity contribution is -0.154. The van der Waals surface area contributed by atoms with E-state index in [4.69, 9.17) is 17.0 Å². The highest BCUT2D eigenvalue weighted by Gasteiger charge is 2.59. The summed E-state index contributed by atoms with van der Waals surface area (Å²) in [5.41, 5.74) is -1.54. The Morgan fingerprint density at radius 1 is 1.38 bits per heavy atom. The van der Waals surface area contributed by atoms with Crippen LogP contribution in [0.25, 0.3) is 0 Å². The van der Waals surface area contributed by atoms with Gasteiger partial charge in [-0.1, -0.05) is 37.3 Å². The van der Waals surface area contributed by atoms with Crippen molar-refractivity contribution in [2.45, 2.75) is 12.5 Å². The predicted octanol–water partition coefficient (Wildman–Crippen LogP) is 0.561. The maximum absolute atomic E-state index is 12.8. The molecule has 0 aromatic heterocycles. The standard InChI is InChI=1S/C16H15N3O4S/c1-9(12(20)10-6-4-3-5-7-10)16(14(22)23-2)11(8-17)13(21)18-15(24)19-16/h3-7,9,11H,1-2H3,(H2,18,19,21,24)/t9-,11+,16+/m0/s1. The lowest BCUT2D eigenvalue weighted by Crippen LogP contribution is -2.73. The Morgan fingerprint density at radius 2 is 2.00 bits per heavy atom. The van der Waals surface area contributed by atoms with Gasteiger partial charge in [0, 0.05) is 5.56 Å². The topological polar surface area (TPSA) is 108 Å². The molecule has 1 heterocycles. The van der Waals surface area contributed by atoms with Crippen LogP contribution in [0.15, 0.2) is 30.3 Å². The van der Waals surface area contributed by atoms with Crippen LogP contribution in [0.4, 0.5) is 0 Å². The average molecular weight is 345 g/mol. The van der Waals surface area contributed by atoms with E-state index in [0.29, 0.717) is 5.56 Å². The van der Waals surface area contributed by atoms with Crippen LogP contribution in [0.5, 0.6) is 0 Å². The molecule has 1 aromatic rings. The van der Waals surface area contributed by atoms with Crippen LogP contribution in [-0.4, -0.2) is 35.4 Å². The first kappa shape index (κ1) is 17.6. The maximum atomic E-state index is 12.8. The van der Waals surface area contributed by atoms with Crippen LogP contribution in [0.3, 0.4) is 0 Å². The lowest BCUT2D eigenvalue weighted by atomic mass is 9.70. The number of Topliss-reactive ketones (excluding diaryl/α,β-unsaturated/α-hetero) is 1. The molecule has 0 radical (unpaired) electrons. The van der Waals surface area contributed by atoms with Crippen molar-refractivity contribution in [2.75, 3.05) is 7.11 Å².